The van der Waals surface area contributed by atoms with E-state index in [4.69, 9.17) is 29.9 Å². The number of anilines is 6. The summed E-state index contributed by atoms with van der Waals surface area (Å²) in [7, 11) is 0. The number of hydrogen-bond acceptors (Lipinski definition) is 10. The fourth-order valence-electron chi connectivity index (χ4n) is 16.9. The zero-order valence-corrected chi connectivity index (χ0v) is 62.4. The number of rotatable bonds is 14. The van der Waals surface area contributed by atoms with Crippen LogP contribution < -0.4 is 26.2 Å². The van der Waals surface area contributed by atoms with Crippen LogP contribution in [-0.2, 0) is 0 Å². The predicted octanol–water partition coefficient (Wildman–Crippen LogP) is 23.3. The summed E-state index contributed by atoms with van der Waals surface area (Å²) in [6, 6.07) is 140. The molecular formula is C104H64BN11. The van der Waals surface area contributed by atoms with E-state index in [2.05, 4.69) is 281 Å². The van der Waals surface area contributed by atoms with Gasteiger partial charge in [-0.1, -0.05) is 267 Å². The number of benzene rings is 16. The van der Waals surface area contributed by atoms with E-state index in [-0.39, 0.29) is 0 Å². The van der Waals surface area contributed by atoms with E-state index in [0.29, 0.717) is 46.1 Å². The van der Waals surface area contributed by atoms with Gasteiger partial charge in [-0.2, -0.15) is 10.5 Å². The third-order valence-electron chi connectivity index (χ3n) is 22.2. The number of fused-ring (bicyclic) bond motifs is 7. The topological polar surface area (TPSA) is 136 Å². The van der Waals surface area contributed by atoms with Crippen LogP contribution in [0.5, 0.6) is 0 Å². The van der Waals surface area contributed by atoms with Crippen LogP contribution in [0.4, 0.5) is 34.1 Å². The van der Waals surface area contributed by atoms with Crippen molar-refractivity contribution in [2.24, 2.45) is 0 Å². The Hall–Kier alpha value is -16.0. The Bertz CT molecular complexity index is 6710. The quantitative estimate of drug-likeness (QED) is 0.0968. The van der Waals surface area contributed by atoms with Crippen LogP contribution in [0.15, 0.2) is 388 Å². The van der Waals surface area contributed by atoms with Crippen molar-refractivity contribution in [3.05, 3.63) is 399 Å². The molecule has 0 N–H and O–H groups in total. The van der Waals surface area contributed by atoms with Crippen molar-refractivity contribution in [1.82, 2.24) is 34.5 Å². The lowest BCUT2D eigenvalue weighted by Crippen LogP contribution is -2.61. The lowest BCUT2D eigenvalue weighted by Gasteiger charge is -2.44. The van der Waals surface area contributed by atoms with Crippen LogP contribution in [0.3, 0.4) is 0 Å². The molecule has 0 atom stereocenters. The molecule has 2 aliphatic rings. The van der Waals surface area contributed by atoms with Gasteiger partial charge in [0.15, 0.2) is 34.9 Å². The molecule has 2 aliphatic heterocycles. The van der Waals surface area contributed by atoms with E-state index in [9.17, 15) is 10.5 Å². The van der Waals surface area contributed by atoms with Crippen molar-refractivity contribution >= 4 is 79.0 Å². The number of nitriles is 2. The Morgan fingerprint density at radius 3 is 0.948 bits per heavy atom. The number of hydrogen-bond donors (Lipinski definition) is 0. The van der Waals surface area contributed by atoms with Gasteiger partial charge in [0.05, 0.1) is 40.0 Å². The van der Waals surface area contributed by atoms with Crippen LogP contribution in [0.25, 0.3) is 151 Å². The molecule has 0 radical (unpaired) electrons. The fraction of sp³-hybridized carbons (Fsp3) is 0. The van der Waals surface area contributed by atoms with Gasteiger partial charge in [-0.25, -0.2) is 29.9 Å². The van der Waals surface area contributed by atoms with Crippen LogP contribution in [-0.4, -0.2) is 41.2 Å². The molecule has 12 heteroatoms. The summed E-state index contributed by atoms with van der Waals surface area (Å²) in [6.45, 7) is -0.440. The second-order valence-electron chi connectivity index (χ2n) is 29.2. The molecule has 0 spiro atoms. The highest BCUT2D eigenvalue weighted by Gasteiger charge is 2.45. The van der Waals surface area contributed by atoms with Crippen LogP contribution in [0.2, 0.25) is 0 Å². The molecule has 116 heavy (non-hydrogen) atoms. The van der Waals surface area contributed by atoms with Gasteiger partial charge in [0.25, 0.3) is 6.71 Å². The van der Waals surface area contributed by atoms with E-state index in [0.717, 1.165) is 167 Å². The SMILES string of the molecule is N#Cc1ccc2c(c1)B1c3cc(C#N)ccc3N(c3cc(-c4ccccc4)cc(-c4ccccc4)c3)c3cc(-c4ccc5c(c4)c4ccccc4n5-c4ccc(-c5nc(-c6ccccc6)nc(-c6ccccc6)n5)cc4-c4nc(-c5ccccc5)nc(-c5ccccc5)n4)cc(c31)N2c1cc(-c2ccccc2)cc(-c2ccccc2)c1. The van der Waals surface area contributed by atoms with Crippen molar-refractivity contribution < 1.29 is 0 Å². The molecule has 19 aromatic rings. The lowest BCUT2D eigenvalue weighted by atomic mass is 9.33. The summed E-state index contributed by atoms with van der Waals surface area (Å²) in [5.74, 6) is 3.07. The summed E-state index contributed by atoms with van der Waals surface area (Å²) in [4.78, 5) is 36.6. The van der Waals surface area contributed by atoms with Gasteiger partial charge in [0, 0.05) is 78.3 Å². The minimum absolute atomic E-state index is 0.440. The molecular weight excluding hydrogens is 1410 g/mol. The fourth-order valence-corrected chi connectivity index (χ4v) is 16.9. The molecule has 0 amide bonds. The monoisotopic (exact) mass is 1480 g/mol. The van der Waals surface area contributed by atoms with E-state index in [1.807, 2.05) is 133 Å². The van der Waals surface area contributed by atoms with Crippen molar-refractivity contribution in [1.29, 1.82) is 10.5 Å². The van der Waals surface area contributed by atoms with Crippen molar-refractivity contribution in [2.75, 3.05) is 9.80 Å². The highest BCUT2D eigenvalue weighted by molar-refractivity contribution is 7.00. The van der Waals surface area contributed by atoms with Gasteiger partial charge in [0.1, 0.15) is 0 Å². The number of aromatic nitrogens is 7. The van der Waals surface area contributed by atoms with Crippen molar-refractivity contribution in [2.45, 2.75) is 0 Å². The molecule has 0 unspecified atom stereocenters. The molecule has 0 saturated carbocycles. The Morgan fingerprint density at radius 1 is 0.224 bits per heavy atom. The average Bonchev–Trinajstić information content (AvgIpc) is 0.746. The Labute approximate surface area is 670 Å². The molecule has 5 heterocycles. The maximum atomic E-state index is 11.0. The first-order valence-electron chi connectivity index (χ1n) is 38.7. The highest BCUT2D eigenvalue weighted by atomic mass is 15.2. The summed E-state index contributed by atoms with van der Waals surface area (Å²) in [6.07, 6.45) is 0. The maximum Gasteiger partial charge on any atom is 0.252 e. The van der Waals surface area contributed by atoms with Gasteiger partial charge in [-0.15, -0.1) is 0 Å². The zero-order chi connectivity index (χ0) is 77.2. The van der Waals surface area contributed by atoms with E-state index in [1.54, 1.807) is 0 Å². The standard InChI is InChI=1S/C104H64BN11/c106-65-67-45-49-94-89(53-67)105-90-54-68(66-107)46-50-95(90)115(85-59-81(71-31-13-3-14-32-71)56-82(60-85)72-33-15-4-16-34-72)97-64-83(63-96(98(97)105)114(94)84-57-79(69-27-9-1-10-28-69)55-80(58-84)70-29-11-2-12-30-70)77-47-51-92-87(61-77)86-43-25-26-44-91(86)116(92)93-52-48-78(103-110-99(73-35-17-5-18-36-73)108-100(111-103)74-37-19-6-20-38-74)62-88(93)104-112-101(75-39-21-7-22-40-75)109-102(113-104)76-41-23-8-24-42-76/h1-64H. The first-order valence-corrected chi connectivity index (χ1v) is 38.7. The van der Waals surface area contributed by atoms with Crippen LogP contribution in [0.1, 0.15) is 11.1 Å². The lowest BCUT2D eigenvalue weighted by molar-refractivity contribution is 1.06. The summed E-state index contributed by atoms with van der Waals surface area (Å²) in [5, 5.41) is 24.1. The summed E-state index contributed by atoms with van der Waals surface area (Å²) >= 11 is 0. The molecule has 0 aliphatic carbocycles. The number of nitrogens with zero attached hydrogens (tertiary/aromatic N) is 11. The molecule has 0 saturated heterocycles. The maximum absolute atomic E-state index is 11.0. The second kappa shape index (κ2) is 28.7. The van der Waals surface area contributed by atoms with E-state index >= 15 is 0 Å². The molecule has 3 aromatic heterocycles. The Balaban J connectivity index is 0.830. The van der Waals surface area contributed by atoms with Gasteiger partial charge < -0.3 is 14.4 Å². The molecule has 0 bridgehead atoms. The van der Waals surface area contributed by atoms with Gasteiger partial charge in [-0.05, 0) is 193 Å². The average molecular weight is 1480 g/mol. The van der Waals surface area contributed by atoms with Crippen molar-refractivity contribution in [3.63, 3.8) is 0 Å². The Morgan fingerprint density at radius 2 is 0.552 bits per heavy atom. The largest absolute Gasteiger partial charge is 0.311 e. The van der Waals surface area contributed by atoms with Crippen molar-refractivity contribution in [3.8, 4) is 142 Å². The van der Waals surface area contributed by atoms with Crippen LogP contribution in [0, 0.1) is 22.7 Å². The zero-order valence-electron chi connectivity index (χ0n) is 62.4. The Kier molecular flexibility index (Phi) is 16.8. The summed E-state index contributed by atoms with van der Waals surface area (Å²) in [5.41, 5.74) is 27.6. The number of para-hydroxylation sites is 1. The smallest absolute Gasteiger partial charge is 0.252 e. The highest BCUT2D eigenvalue weighted by Crippen LogP contribution is 2.50. The molecule has 11 nitrogen and oxygen atoms in total. The minimum Gasteiger partial charge on any atom is -0.311 e. The van der Waals surface area contributed by atoms with E-state index in [1.165, 1.54) is 0 Å². The predicted molar refractivity (Wildman–Crippen MR) is 471 cm³/mol. The molecule has 0 fully saturated rings. The first kappa shape index (κ1) is 68.0. The van der Waals surface area contributed by atoms with Gasteiger partial charge in [-0.3, -0.25) is 0 Å². The molecule has 16 aromatic carbocycles. The second-order valence-corrected chi connectivity index (χ2v) is 29.2. The molecule has 21 rings (SSSR count). The third-order valence-corrected chi connectivity index (χ3v) is 22.2. The minimum atomic E-state index is -0.440. The van der Waals surface area contributed by atoms with Gasteiger partial charge in [0.2, 0.25) is 0 Å². The van der Waals surface area contributed by atoms with Crippen LogP contribution >= 0.6 is 0 Å². The molecule has 538 valence electrons. The summed E-state index contributed by atoms with van der Waals surface area (Å²) < 4.78 is 2.34. The normalized spacial score (nSPS) is 11.9. The third kappa shape index (κ3) is 12.2. The van der Waals surface area contributed by atoms with E-state index < -0.39 is 6.71 Å². The first-order chi connectivity index (χ1) is 57.4. The van der Waals surface area contributed by atoms with Gasteiger partial charge >= 0.3 is 0 Å².